The standard InChI is InChI=1S/C25H32F3N3O2S/c26-25(27,28)21-8-7-11-24(18-21)34(32,33)20-23(30-12-5-2-6-13-30)19-29-14-16-31(17-15-29)22-9-3-1-4-10-22/h1,3-4,7-11,18,23H,2,5-6,12-17,19-20H2. The van der Waals surface area contributed by atoms with Crippen LogP contribution in [0.15, 0.2) is 59.5 Å². The minimum Gasteiger partial charge on any atom is -0.369 e. The lowest BCUT2D eigenvalue weighted by Gasteiger charge is -2.41. The summed E-state index contributed by atoms with van der Waals surface area (Å²) in [7, 11) is -3.87. The number of hydrogen-bond donors (Lipinski definition) is 0. The Morgan fingerprint density at radius 3 is 2.15 bits per heavy atom. The Hall–Kier alpha value is -2.10. The van der Waals surface area contributed by atoms with Gasteiger partial charge in [0.05, 0.1) is 16.2 Å². The number of likely N-dealkylation sites (tertiary alicyclic amines) is 1. The molecule has 2 aromatic rings. The molecule has 0 aliphatic carbocycles. The van der Waals surface area contributed by atoms with Gasteiger partial charge in [-0.2, -0.15) is 13.2 Å². The fraction of sp³-hybridized carbons (Fsp3) is 0.520. The van der Waals surface area contributed by atoms with E-state index in [2.05, 4.69) is 26.8 Å². The SMILES string of the molecule is O=S(=O)(CC(CN1CCN(c2ccccc2)CC1)N1CCCCC1)c1cccc(C(F)(F)F)c1. The van der Waals surface area contributed by atoms with Crippen LogP contribution in [0.4, 0.5) is 18.9 Å². The molecule has 4 rings (SSSR count). The molecule has 2 heterocycles. The molecule has 0 amide bonds. The zero-order valence-electron chi connectivity index (χ0n) is 19.3. The number of halogens is 3. The molecule has 2 aromatic carbocycles. The summed E-state index contributed by atoms with van der Waals surface area (Å²) in [6.45, 7) is 5.61. The van der Waals surface area contributed by atoms with Gasteiger partial charge in [-0.25, -0.2) is 8.42 Å². The normalized spacial score (nSPS) is 19.8. The second-order valence-corrected chi connectivity index (χ2v) is 11.2. The number of anilines is 1. The van der Waals surface area contributed by atoms with Crippen molar-refractivity contribution >= 4 is 15.5 Å². The van der Waals surface area contributed by atoms with E-state index in [4.69, 9.17) is 0 Å². The summed E-state index contributed by atoms with van der Waals surface area (Å²) in [5.41, 5.74) is 0.252. The van der Waals surface area contributed by atoms with Crippen molar-refractivity contribution in [2.75, 3.05) is 56.5 Å². The van der Waals surface area contributed by atoms with Gasteiger partial charge >= 0.3 is 6.18 Å². The van der Waals surface area contributed by atoms with Crippen molar-refractivity contribution in [2.24, 2.45) is 0 Å². The van der Waals surface area contributed by atoms with Gasteiger partial charge in [0.1, 0.15) is 0 Å². The van der Waals surface area contributed by atoms with Gasteiger partial charge in [0.2, 0.25) is 0 Å². The van der Waals surface area contributed by atoms with Crippen LogP contribution in [-0.2, 0) is 16.0 Å². The van der Waals surface area contributed by atoms with Crippen LogP contribution in [0.5, 0.6) is 0 Å². The largest absolute Gasteiger partial charge is 0.416 e. The first-order valence-electron chi connectivity index (χ1n) is 11.9. The lowest BCUT2D eigenvalue weighted by molar-refractivity contribution is -0.137. The molecule has 186 valence electrons. The van der Waals surface area contributed by atoms with Crippen LogP contribution in [0.2, 0.25) is 0 Å². The number of benzene rings is 2. The van der Waals surface area contributed by atoms with Gasteiger partial charge in [0.25, 0.3) is 0 Å². The number of piperidine rings is 1. The van der Waals surface area contributed by atoms with Crippen molar-refractivity contribution in [1.29, 1.82) is 0 Å². The topological polar surface area (TPSA) is 43.9 Å². The molecule has 9 heteroatoms. The Morgan fingerprint density at radius 1 is 0.824 bits per heavy atom. The number of para-hydroxylation sites is 1. The smallest absolute Gasteiger partial charge is 0.369 e. The van der Waals surface area contributed by atoms with E-state index >= 15 is 0 Å². The summed E-state index contributed by atoms with van der Waals surface area (Å²) in [5.74, 6) is -0.173. The third kappa shape index (κ3) is 6.31. The Labute approximate surface area is 200 Å². The van der Waals surface area contributed by atoms with Gasteiger partial charge in [0, 0.05) is 44.5 Å². The van der Waals surface area contributed by atoms with E-state index in [9.17, 15) is 21.6 Å². The minimum atomic E-state index is -4.57. The molecule has 34 heavy (non-hydrogen) atoms. The average Bonchev–Trinajstić information content (AvgIpc) is 2.85. The van der Waals surface area contributed by atoms with E-state index < -0.39 is 21.6 Å². The average molecular weight is 496 g/mol. The van der Waals surface area contributed by atoms with Crippen LogP contribution < -0.4 is 4.90 Å². The summed E-state index contributed by atoms with van der Waals surface area (Å²) >= 11 is 0. The van der Waals surface area contributed by atoms with Gasteiger partial charge in [0.15, 0.2) is 9.84 Å². The van der Waals surface area contributed by atoms with Gasteiger partial charge in [-0.15, -0.1) is 0 Å². The molecule has 0 spiro atoms. The summed E-state index contributed by atoms with van der Waals surface area (Å²) in [6.07, 6.45) is -1.42. The second-order valence-electron chi connectivity index (χ2n) is 9.18. The van der Waals surface area contributed by atoms with E-state index in [1.54, 1.807) is 0 Å². The molecular weight excluding hydrogens is 463 g/mol. The molecule has 0 saturated carbocycles. The predicted molar refractivity (Wildman–Crippen MR) is 128 cm³/mol. The zero-order valence-corrected chi connectivity index (χ0v) is 20.1. The maximum atomic E-state index is 13.2. The van der Waals surface area contributed by atoms with Gasteiger partial charge in [-0.05, 0) is 56.3 Å². The molecule has 0 N–H and O–H groups in total. The van der Waals surface area contributed by atoms with E-state index in [1.165, 1.54) is 17.8 Å². The van der Waals surface area contributed by atoms with E-state index in [1.807, 2.05) is 18.2 Å². The number of alkyl halides is 3. The Bertz CT molecular complexity index is 1030. The first-order valence-corrected chi connectivity index (χ1v) is 13.5. The fourth-order valence-electron chi connectivity index (χ4n) is 4.90. The van der Waals surface area contributed by atoms with Gasteiger partial charge in [-0.1, -0.05) is 30.7 Å². The third-order valence-electron chi connectivity index (χ3n) is 6.80. The van der Waals surface area contributed by atoms with Gasteiger partial charge in [-0.3, -0.25) is 9.80 Å². The van der Waals surface area contributed by atoms with Crippen LogP contribution >= 0.6 is 0 Å². The molecule has 2 aliphatic rings. The summed E-state index contributed by atoms with van der Waals surface area (Å²) < 4.78 is 65.9. The van der Waals surface area contributed by atoms with Crippen molar-refractivity contribution in [3.63, 3.8) is 0 Å². The van der Waals surface area contributed by atoms with Crippen LogP contribution in [-0.4, -0.2) is 75.8 Å². The molecule has 2 fully saturated rings. The molecule has 5 nitrogen and oxygen atoms in total. The zero-order chi connectivity index (χ0) is 24.2. The lowest BCUT2D eigenvalue weighted by atomic mass is 10.1. The maximum absolute atomic E-state index is 13.2. The number of nitrogens with zero attached hydrogens (tertiary/aromatic N) is 3. The summed E-state index contributed by atoms with van der Waals surface area (Å²) in [5, 5.41) is 0. The first-order chi connectivity index (χ1) is 16.2. The van der Waals surface area contributed by atoms with Crippen LogP contribution in [0, 0.1) is 0 Å². The molecule has 2 saturated heterocycles. The Balaban J connectivity index is 1.46. The quantitative estimate of drug-likeness (QED) is 0.577. The molecular formula is C25H32F3N3O2S. The summed E-state index contributed by atoms with van der Waals surface area (Å²) in [6, 6.07) is 14.1. The Kier molecular flexibility index (Phi) is 7.84. The third-order valence-corrected chi connectivity index (χ3v) is 8.60. The number of hydrogen-bond acceptors (Lipinski definition) is 5. The fourth-order valence-corrected chi connectivity index (χ4v) is 6.51. The van der Waals surface area contributed by atoms with Crippen molar-refractivity contribution in [2.45, 2.75) is 36.4 Å². The highest BCUT2D eigenvalue weighted by atomic mass is 32.2. The second kappa shape index (κ2) is 10.7. The predicted octanol–water partition coefficient (Wildman–Crippen LogP) is 4.16. The van der Waals surface area contributed by atoms with Crippen molar-refractivity contribution in [3.8, 4) is 0 Å². The number of piperazine rings is 1. The molecule has 1 unspecified atom stereocenters. The first kappa shape index (κ1) is 25.0. The van der Waals surface area contributed by atoms with Crippen molar-refractivity contribution in [1.82, 2.24) is 9.80 Å². The maximum Gasteiger partial charge on any atom is 0.416 e. The highest BCUT2D eigenvalue weighted by Gasteiger charge is 2.34. The molecule has 1 atom stereocenters. The van der Waals surface area contributed by atoms with Crippen molar-refractivity contribution in [3.05, 3.63) is 60.2 Å². The minimum absolute atomic E-state index is 0.173. The van der Waals surface area contributed by atoms with Crippen LogP contribution in [0.3, 0.4) is 0 Å². The van der Waals surface area contributed by atoms with Crippen molar-refractivity contribution < 1.29 is 21.6 Å². The van der Waals surface area contributed by atoms with E-state index in [-0.39, 0.29) is 16.7 Å². The molecule has 0 radical (unpaired) electrons. The van der Waals surface area contributed by atoms with Crippen LogP contribution in [0.1, 0.15) is 24.8 Å². The molecule has 2 aliphatic heterocycles. The Morgan fingerprint density at radius 2 is 1.50 bits per heavy atom. The summed E-state index contributed by atoms with van der Waals surface area (Å²) in [4.78, 5) is 6.59. The highest BCUT2D eigenvalue weighted by Crippen LogP contribution is 2.31. The molecule has 0 aromatic heterocycles. The highest BCUT2D eigenvalue weighted by molar-refractivity contribution is 7.91. The van der Waals surface area contributed by atoms with E-state index in [0.29, 0.717) is 6.54 Å². The number of rotatable bonds is 7. The number of sulfone groups is 1. The van der Waals surface area contributed by atoms with Crippen LogP contribution in [0.25, 0.3) is 0 Å². The van der Waals surface area contributed by atoms with Gasteiger partial charge < -0.3 is 4.90 Å². The molecule has 0 bridgehead atoms. The van der Waals surface area contributed by atoms with E-state index in [0.717, 1.165) is 70.7 Å². The monoisotopic (exact) mass is 495 g/mol. The lowest BCUT2D eigenvalue weighted by Crippen LogP contribution is -2.54.